The zero-order chi connectivity index (χ0) is 24.9. The Kier molecular flexibility index (Phi) is 7.72. The fraction of sp³-hybridized carbons (Fsp3) is 0.318. The van der Waals surface area contributed by atoms with E-state index < -0.39 is 44.3 Å². The van der Waals surface area contributed by atoms with E-state index in [-0.39, 0.29) is 30.8 Å². The summed E-state index contributed by atoms with van der Waals surface area (Å²) in [6, 6.07) is 12.7. The normalized spacial score (nSPS) is 19.7. The summed E-state index contributed by atoms with van der Waals surface area (Å²) >= 11 is 0. The zero-order valence-electron chi connectivity index (χ0n) is 17.9. The second kappa shape index (κ2) is 10.3. The number of aliphatic imine (C=N–C) groups is 1. The van der Waals surface area contributed by atoms with Crippen molar-refractivity contribution in [3.05, 3.63) is 60.2 Å². The highest BCUT2D eigenvalue weighted by atomic mass is 32.2. The fourth-order valence-electron chi connectivity index (χ4n) is 3.39. The minimum Gasteiger partial charge on any atom is -0.443 e. The Labute approximate surface area is 193 Å². The summed E-state index contributed by atoms with van der Waals surface area (Å²) in [6.45, 7) is -0.0124. The maximum Gasteiger partial charge on any atom is 0.501 e. The van der Waals surface area contributed by atoms with Crippen molar-refractivity contribution >= 4 is 33.2 Å². The zero-order valence-corrected chi connectivity index (χ0v) is 18.7. The van der Waals surface area contributed by atoms with Crippen LogP contribution in [0, 0.1) is 5.92 Å². The van der Waals surface area contributed by atoms with Gasteiger partial charge in [0.1, 0.15) is 6.61 Å². The maximum absolute atomic E-state index is 12.8. The molecule has 0 heterocycles. The number of anilines is 1. The highest BCUT2D eigenvalue weighted by molar-refractivity contribution is 7.92. The monoisotopic (exact) mass is 498 g/mol. The summed E-state index contributed by atoms with van der Waals surface area (Å²) in [4.78, 5) is 27.9. The van der Waals surface area contributed by atoms with E-state index in [1.54, 1.807) is 24.3 Å². The third-order valence-electron chi connectivity index (χ3n) is 5.14. The van der Waals surface area contributed by atoms with Crippen LogP contribution in [0.2, 0.25) is 0 Å². The molecular formula is C22H21F3N2O6S. The third kappa shape index (κ3) is 6.00. The van der Waals surface area contributed by atoms with Crippen molar-refractivity contribution < 1.29 is 40.7 Å². The van der Waals surface area contributed by atoms with Crippen molar-refractivity contribution in [2.45, 2.75) is 36.0 Å². The van der Waals surface area contributed by atoms with E-state index in [1.807, 2.05) is 6.07 Å². The number of nitrogens with zero attached hydrogens (tertiary/aromatic N) is 1. The second-order valence-corrected chi connectivity index (χ2v) is 9.40. The van der Waals surface area contributed by atoms with E-state index in [0.29, 0.717) is 6.07 Å². The summed E-state index contributed by atoms with van der Waals surface area (Å²) < 4.78 is 72.2. The molecule has 0 unspecified atom stereocenters. The van der Waals surface area contributed by atoms with E-state index in [1.165, 1.54) is 13.2 Å². The highest BCUT2D eigenvalue weighted by Crippen LogP contribution is 2.32. The predicted octanol–water partition coefficient (Wildman–Crippen LogP) is 4.12. The molecule has 0 aromatic heterocycles. The molecule has 0 aliphatic heterocycles. The first-order chi connectivity index (χ1) is 16.0. The number of rotatable bonds is 6. The standard InChI is InChI=1S/C22H21F3N2O6S/c1-32-16-11-18(19(12-16)27-21(29)33-13-14-6-3-2-4-7-14)20(28)26-15-8-5-9-17(10-15)34(30,31)22(23,24)25/h2-10,16,18H,11-13H2,1H3,(H,26,28)/b27-19+/t16-,18-/m0/s1. The van der Waals surface area contributed by atoms with Crippen molar-refractivity contribution in [1.29, 1.82) is 0 Å². The number of nitrogens with one attached hydrogen (secondary N) is 1. The Bertz CT molecular complexity index is 1180. The lowest BCUT2D eigenvalue weighted by molar-refractivity contribution is -0.118. The average Bonchev–Trinajstić information content (AvgIpc) is 3.21. The van der Waals surface area contributed by atoms with Gasteiger partial charge in [-0.3, -0.25) is 4.79 Å². The lowest BCUT2D eigenvalue weighted by Crippen LogP contribution is -2.27. The molecule has 2 atom stereocenters. The molecular weight excluding hydrogens is 477 g/mol. The summed E-state index contributed by atoms with van der Waals surface area (Å²) in [7, 11) is -4.15. The van der Waals surface area contributed by atoms with Gasteiger partial charge in [-0.2, -0.15) is 18.2 Å². The lowest BCUT2D eigenvalue weighted by Gasteiger charge is -2.14. The Balaban J connectivity index is 1.74. The van der Waals surface area contributed by atoms with E-state index in [9.17, 15) is 31.2 Å². The van der Waals surface area contributed by atoms with Crippen molar-refractivity contribution in [3.8, 4) is 0 Å². The maximum atomic E-state index is 12.8. The highest BCUT2D eigenvalue weighted by Gasteiger charge is 2.47. The molecule has 2 aromatic rings. The molecule has 1 aliphatic carbocycles. The quantitative estimate of drug-likeness (QED) is 0.642. The number of methoxy groups -OCH3 is 1. The van der Waals surface area contributed by atoms with Crippen molar-refractivity contribution in [2.24, 2.45) is 10.9 Å². The second-order valence-electron chi connectivity index (χ2n) is 7.46. The molecule has 1 aliphatic rings. The first-order valence-corrected chi connectivity index (χ1v) is 11.5. The van der Waals surface area contributed by atoms with Gasteiger partial charge in [0, 0.05) is 24.9 Å². The van der Waals surface area contributed by atoms with Crippen LogP contribution in [-0.4, -0.2) is 44.9 Å². The van der Waals surface area contributed by atoms with Gasteiger partial charge in [0.05, 0.1) is 16.9 Å². The topological polar surface area (TPSA) is 111 Å². The van der Waals surface area contributed by atoms with Crippen LogP contribution in [-0.2, 0) is 30.7 Å². The largest absolute Gasteiger partial charge is 0.501 e. The van der Waals surface area contributed by atoms with Gasteiger partial charge in [-0.15, -0.1) is 0 Å². The van der Waals surface area contributed by atoms with Crippen LogP contribution in [0.1, 0.15) is 18.4 Å². The third-order valence-corrected chi connectivity index (χ3v) is 6.63. The van der Waals surface area contributed by atoms with Gasteiger partial charge in [0.25, 0.3) is 9.84 Å². The molecule has 2 aromatic carbocycles. The van der Waals surface area contributed by atoms with Gasteiger partial charge < -0.3 is 14.8 Å². The van der Waals surface area contributed by atoms with Gasteiger partial charge in [0.15, 0.2) is 0 Å². The number of ether oxygens (including phenoxy) is 2. The van der Waals surface area contributed by atoms with E-state index in [4.69, 9.17) is 9.47 Å². The van der Waals surface area contributed by atoms with Gasteiger partial charge in [0.2, 0.25) is 5.91 Å². The van der Waals surface area contributed by atoms with Crippen LogP contribution in [0.3, 0.4) is 0 Å². The number of hydrogen-bond donors (Lipinski definition) is 1. The summed E-state index contributed by atoms with van der Waals surface area (Å²) in [5.41, 5.74) is -4.68. The molecule has 182 valence electrons. The number of halogens is 3. The summed E-state index contributed by atoms with van der Waals surface area (Å²) in [6.07, 6.45) is -0.953. The first-order valence-electron chi connectivity index (χ1n) is 10.0. The molecule has 34 heavy (non-hydrogen) atoms. The van der Waals surface area contributed by atoms with Gasteiger partial charge >= 0.3 is 11.6 Å². The molecule has 3 rings (SSSR count). The number of carbonyl (C=O) groups is 2. The number of benzene rings is 2. The van der Waals surface area contributed by atoms with Gasteiger partial charge in [-0.25, -0.2) is 13.2 Å². The van der Waals surface area contributed by atoms with Crippen molar-refractivity contribution in [1.82, 2.24) is 0 Å². The Hall–Kier alpha value is -3.25. The molecule has 12 heteroatoms. The van der Waals surface area contributed by atoms with E-state index in [0.717, 1.165) is 17.7 Å². The first kappa shape index (κ1) is 25.4. The predicted molar refractivity (Wildman–Crippen MR) is 116 cm³/mol. The number of alkyl halides is 3. The molecule has 0 saturated heterocycles. The number of sulfone groups is 1. The summed E-state index contributed by atoms with van der Waals surface area (Å²) in [5.74, 6) is -1.59. The fourth-order valence-corrected chi connectivity index (χ4v) is 4.20. The lowest BCUT2D eigenvalue weighted by atomic mass is 10.1. The van der Waals surface area contributed by atoms with Crippen LogP contribution >= 0.6 is 0 Å². The average molecular weight is 498 g/mol. The molecule has 2 amide bonds. The summed E-state index contributed by atoms with van der Waals surface area (Å²) in [5, 5.41) is 2.39. The SMILES string of the molecule is CO[C@@H]1C/C(=N\C(=O)OCc2ccccc2)[C@@H](C(=O)Nc2cccc(S(=O)(=O)C(F)(F)F)c2)C1. The number of amides is 2. The van der Waals surface area contributed by atoms with Gasteiger partial charge in [-0.05, 0) is 30.2 Å². The van der Waals surface area contributed by atoms with Crippen LogP contribution in [0.4, 0.5) is 23.7 Å². The van der Waals surface area contributed by atoms with Crippen LogP contribution in [0.25, 0.3) is 0 Å². The minimum atomic E-state index is -5.58. The molecule has 0 bridgehead atoms. The molecule has 8 nitrogen and oxygen atoms in total. The van der Waals surface area contributed by atoms with Crippen LogP contribution in [0.15, 0.2) is 64.5 Å². The van der Waals surface area contributed by atoms with Crippen LogP contribution < -0.4 is 5.32 Å². The molecule has 1 fully saturated rings. The molecule has 1 N–H and O–H groups in total. The van der Waals surface area contributed by atoms with Crippen molar-refractivity contribution in [3.63, 3.8) is 0 Å². The minimum absolute atomic E-state index is 0.0124. The Morgan fingerprint density at radius 1 is 1.12 bits per heavy atom. The molecule has 0 radical (unpaired) electrons. The number of carbonyl (C=O) groups excluding carboxylic acids is 2. The Morgan fingerprint density at radius 3 is 2.47 bits per heavy atom. The Morgan fingerprint density at radius 2 is 1.82 bits per heavy atom. The molecule has 0 spiro atoms. The van der Waals surface area contributed by atoms with E-state index >= 15 is 0 Å². The van der Waals surface area contributed by atoms with Gasteiger partial charge in [-0.1, -0.05) is 36.4 Å². The van der Waals surface area contributed by atoms with Crippen molar-refractivity contribution in [2.75, 3.05) is 12.4 Å². The molecule has 1 saturated carbocycles. The number of hydrogen-bond acceptors (Lipinski definition) is 6. The van der Waals surface area contributed by atoms with E-state index in [2.05, 4.69) is 10.3 Å². The smallest absolute Gasteiger partial charge is 0.443 e. The van der Waals surface area contributed by atoms with Crippen LogP contribution in [0.5, 0.6) is 0 Å².